The van der Waals surface area contributed by atoms with E-state index >= 15 is 0 Å². The molecule has 4 heteroatoms. The third-order valence-electron chi connectivity index (χ3n) is 4.33. The maximum atomic E-state index is 10.4. The van der Waals surface area contributed by atoms with Crippen LogP contribution < -0.4 is 4.74 Å². The Morgan fingerprint density at radius 2 is 1.80 bits per heavy atom. The molecule has 0 aliphatic rings. The van der Waals surface area contributed by atoms with Crippen molar-refractivity contribution in [2.45, 2.75) is 33.4 Å². The minimum absolute atomic E-state index is 0.0661. The Bertz CT molecular complexity index is 658. The molecule has 2 N–H and O–H groups in total. The summed E-state index contributed by atoms with van der Waals surface area (Å²) in [6.45, 7) is 8.11. The second kappa shape index (κ2) is 9.56. The number of hydrogen-bond acceptors (Lipinski definition) is 4. The molecule has 0 aliphatic heterocycles. The van der Waals surface area contributed by atoms with Crippen LogP contribution in [0.4, 0.5) is 0 Å². The van der Waals surface area contributed by atoms with Crippen LogP contribution in [-0.4, -0.2) is 47.5 Å². The number of hydrogen-bond donors (Lipinski definition) is 2. The van der Waals surface area contributed by atoms with Crippen molar-refractivity contribution in [2.24, 2.45) is 0 Å². The standard InChI is InChI=1S/C21H29NO3/c1-16-11-17(2)18(3)21(12-16)25-15-20(24)14-22(9-10-23)13-19-7-5-4-6-8-19/h4-8,11-12,20,23-24H,9-10,13-15H2,1-3H3. The monoisotopic (exact) mass is 343 g/mol. The molecule has 1 atom stereocenters. The van der Waals surface area contributed by atoms with Gasteiger partial charge in [0.25, 0.3) is 0 Å². The van der Waals surface area contributed by atoms with E-state index in [0.29, 0.717) is 19.6 Å². The Labute approximate surface area is 150 Å². The average molecular weight is 343 g/mol. The highest BCUT2D eigenvalue weighted by Gasteiger charge is 2.14. The van der Waals surface area contributed by atoms with Crippen molar-refractivity contribution >= 4 is 0 Å². The Hall–Kier alpha value is -1.88. The highest BCUT2D eigenvalue weighted by molar-refractivity contribution is 5.41. The van der Waals surface area contributed by atoms with Gasteiger partial charge in [0.2, 0.25) is 0 Å². The maximum absolute atomic E-state index is 10.4. The molecule has 0 aliphatic carbocycles. The lowest BCUT2D eigenvalue weighted by molar-refractivity contribution is 0.0588. The van der Waals surface area contributed by atoms with Gasteiger partial charge in [-0.15, -0.1) is 0 Å². The van der Waals surface area contributed by atoms with Gasteiger partial charge in [0.05, 0.1) is 6.61 Å². The molecule has 0 aromatic heterocycles. The molecule has 1 unspecified atom stereocenters. The second-order valence-corrected chi connectivity index (χ2v) is 6.61. The topological polar surface area (TPSA) is 52.9 Å². The zero-order chi connectivity index (χ0) is 18.2. The van der Waals surface area contributed by atoms with E-state index in [2.05, 4.69) is 13.0 Å². The van der Waals surface area contributed by atoms with E-state index in [9.17, 15) is 10.2 Å². The minimum Gasteiger partial charge on any atom is -0.491 e. The number of aryl methyl sites for hydroxylation is 2. The summed E-state index contributed by atoms with van der Waals surface area (Å²) in [6.07, 6.45) is -0.615. The number of rotatable bonds is 9. The summed E-state index contributed by atoms with van der Waals surface area (Å²) < 4.78 is 5.85. The van der Waals surface area contributed by atoms with Crippen LogP contribution in [0.25, 0.3) is 0 Å². The predicted octanol–water partition coefficient (Wildman–Crippen LogP) is 2.85. The Morgan fingerprint density at radius 3 is 2.48 bits per heavy atom. The Balaban J connectivity index is 1.91. The molecule has 0 saturated heterocycles. The highest BCUT2D eigenvalue weighted by Crippen LogP contribution is 2.23. The molecular formula is C21H29NO3. The van der Waals surface area contributed by atoms with Crippen LogP contribution in [0.1, 0.15) is 22.3 Å². The van der Waals surface area contributed by atoms with Crippen LogP contribution >= 0.6 is 0 Å². The largest absolute Gasteiger partial charge is 0.491 e. The molecule has 0 amide bonds. The molecule has 0 spiro atoms. The van der Waals surface area contributed by atoms with E-state index in [4.69, 9.17) is 4.74 Å². The van der Waals surface area contributed by atoms with Crippen LogP contribution in [0.15, 0.2) is 42.5 Å². The van der Waals surface area contributed by atoms with Crippen LogP contribution in [-0.2, 0) is 6.54 Å². The molecule has 0 heterocycles. The zero-order valence-electron chi connectivity index (χ0n) is 15.4. The van der Waals surface area contributed by atoms with E-state index in [1.807, 2.05) is 55.1 Å². The summed E-state index contributed by atoms with van der Waals surface area (Å²) in [5, 5.41) is 19.6. The van der Waals surface area contributed by atoms with Gasteiger partial charge in [0.1, 0.15) is 18.5 Å². The Kier molecular flexibility index (Phi) is 7.44. The molecular weight excluding hydrogens is 314 g/mol. The molecule has 0 radical (unpaired) electrons. The molecule has 136 valence electrons. The van der Waals surface area contributed by atoms with E-state index in [-0.39, 0.29) is 13.2 Å². The number of nitrogens with zero attached hydrogens (tertiary/aromatic N) is 1. The van der Waals surface area contributed by atoms with Crippen molar-refractivity contribution in [1.82, 2.24) is 4.90 Å². The summed E-state index contributed by atoms with van der Waals surface area (Å²) in [5.41, 5.74) is 4.61. The first-order valence-electron chi connectivity index (χ1n) is 8.75. The summed E-state index contributed by atoms with van der Waals surface area (Å²) in [7, 11) is 0. The summed E-state index contributed by atoms with van der Waals surface area (Å²) >= 11 is 0. The van der Waals surface area contributed by atoms with E-state index in [1.54, 1.807) is 0 Å². The average Bonchev–Trinajstić information content (AvgIpc) is 2.58. The lowest BCUT2D eigenvalue weighted by atomic mass is 10.1. The Morgan fingerprint density at radius 1 is 1.08 bits per heavy atom. The van der Waals surface area contributed by atoms with E-state index in [1.165, 1.54) is 5.56 Å². The van der Waals surface area contributed by atoms with Gasteiger partial charge in [0, 0.05) is 19.6 Å². The summed E-state index contributed by atoms with van der Waals surface area (Å²) in [6, 6.07) is 14.2. The van der Waals surface area contributed by atoms with E-state index in [0.717, 1.165) is 22.4 Å². The quantitative estimate of drug-likeness (QED) is 0.735. The summed E-state index contributed by atoms with van der Waals surface area (Å²) in [5.74, 6) is 0.827. The first-order chi connectivity index (χ1) is 12.0. The maximum Gasteiger partial charge on any atom is 0.122 e. The normalized spacial score (nSPS) is 12.4. The number of aliphatic hydroxyl groups excluding tert-OH is 2. The van der Waals surface area contributed by atoms with Gasteiger partial charge in [-0.2, -0.15) is 0 Å². The molecule has 2 aromatic rings. The van der Waals surface area contributed by atoms with Crippen molar-refractivity contribution in [3.63, 3.8) is 0 Å². The van der Waals surface area contributed by atoms with Crippen molar-refractivity contribution in [1.29, 1.82) is 0 Å². The number of ether oxygens (including phenoxy) is 1. The van der Waals surface area contributed by atoms with Crippen molar-refractivity contribution in [2.75, 3.05) is 26.3 Å². The fourth-order valence-electron chi connectivity index (χ4n) is 2.91. The SMILES string of the molecule is Cc1cc(C)c(C)c(OCC(O)CN(CCO)Cc2ccccc2)c1. The lowest BCUT2D eigenvalue weighted by Crippen LogP contribution is -2.37. The third kappa shape index (κ3) is 6.16. The zero-order valence-corrected chi connectivity index (χ0v) is 15.4. The lowest BCUT2D eigenvalue weighted by Gasteiger charge is -2.25. The van der Waals surface area contributed by atoms with Gasteiger partial charge < -0.3 is 14.9 Å². The molecule has 0 saturated carbocycles. The minimum atomic E-state index is -0.615. The molecule has 2 rings (SSSR count). The molecule has 4 nitrogen and oxygen atoms in total. The molecule has 0 bridgehead atoms. The molecule has 25 heavy (non-hydrogen) atoms. The smallest absolute Gasteiger partial charge is 0.122 e. The van der Waals surface area contributed by atoms with Gasteiger partial charge in [-0.3, -0.25) is 4.90 Å². The van der Waals surface area contributed by atoms with E-state index < -0.39 is 6.10 Å². The fourth-order valence-corrected chi connectivity index (χ4v) is 2.91. The highest BCUT2D eigenvalue weighted by atomic mass is 16.5. The van der Waals surface area contributed by atoms with Crippen LogP contribution in [0, 0.1) is 20.8 Å². The molecule has 2 aromatic carbocycles. The molecule has 0 fully saturated rings. The predicted molar refractivity (Wildman–Crippen MR) is 101 cm³/mol. The van der Waals surface area contributed by atoms with Crippen molar-refractivity contribution < 1.29 is 14.9 Å². The van der Waals surface area contributed by atoms with Gasteiger partial charge in [-0.25, -0.2) is 0 Å². The van der Waals surface area contributed by atoms with Gasteiger partial charge in [-0.05, 0) is 49.1 Å². The van der Waals surface area contributed by atoms with Crippen molar-refractivity contribution in [3.05, 3.63) is 64.7 Å². The van der Waals surface area contributed by atoms with Gasteiger partial charge in [0.15, 0.2) is 0 Å². The fraction of sp³-hybridized carbons (Fsp3) is 0.429. The van der Waals surface area contributed by atoms with Gasteiger partial charge in [-0.1, -0.05) is 36.4 Å². The number of aliphatic hydroxyl groups is 2. The van der Waals surface area contributed by atoms with Crippen LogP contribution in [0.2, 0.25) is 0 Å². The first kappa shape index (κ1) is 19.4. The first-order valence-corrected chi connectivity index (χ1v) is 8.75. The van der Waals surface area contributed by atoms with Gasteiger partial charge >= 0.3 is 0 Å². The van der Waals surface area contributed by atoms with Crippen LogP contribution in [0.3, 0.4) is 0 Å². The van der Waals surface area contributed by atoms with Crippen LogP contribution in [0.5, 0.6) is 5.75 Å². The number of benzene rings is 2. The van der Waals surface area contributed by atoms with Crippen molar-refractivity contribution in [3.8, 4) is 5.75 Å². The third-order valence-corrected chi connectivity index (χ3v) is 4.33. The summed E-state index contributed by atoms with van der Waals surface area (Å²) in [4.78, 5) is 2.04. The second-order valence-electron chi connectivity index (χ2n) is 6.61.